The highest BCUT2D eigenvalue weighted by atomic mass is 32.2. The van der Waals surface area contributed by atoms with E-state index in [0.29, 0.717) is 29.9 Å². The number of furan rings is 1. The van der Waals surface area contributed by atoms with Crippen LogP contribution < -0.4 is 14.8 Å². The molecule has 2 aromatic carbocycles. The van der Waals surface area contributed by atoms with Gasteiger partial charge in [-0.15, -0.1) is 0 Å². The molecule has 3 aromatic rings. The van der Waals surface area contributed by atoms with Crippen LogP contribution in [0.25, 0.3) is 0 Å². The first-order valence-electron chi connectivity index (χ1n) is 9.43. The molecule has 1 heterocycles. The van der Waals surface area contributed by atoms with Crippen LogP contribution >= 0.6 is 0 Å². The predicted molar refractivity (Wildman–Crippen MR) is 113 cm³/mol. The van der Waals surface area contributed by atoms with Crippen molar-refractivity contribution < 1.29 is 22.4 Å². The van der Waals surface area contributed by atoms with Crippen molar-refractivity contribution in [1.29, 1.82) is 0 Å². The van der Waals surface area contributed by atoms with Gasteiger partial charge in [0.05, 0.1) is 24.8 Å². The minimum absolute atomic E-state index is 0.0227. The lowest BCUT2D eigenvalue weighted by atomic mass is 10.1. The Morgan fingerprint density at radius 1 is 1.10 bits per heavy atom. The Bertz CT molecular complexity index is 1110. The van der Waals surface area contributed by atoms with Gasteiger partial charge in [-0.2, -0.15) is 0 Å². The van der Waals surface area contributed by atoms with Crippen LogP contribution in [0.3, 0.4) is 0 Å². The molecule has 0 aliphatic rings. The standard InChI is InChI=1S/C22H24N2O5S/c1-16-9-10-19(30(26,27)24-15-18-7-5-13-29-18)14-20(16)22(25)23-12-11-17-6-3-4-8-21(17)28-2/h3-10,13-14,24H,11-12,15H2,1-2H3,(H,23,25). The average molecular weight is 429 g/mol. The number of hydrogen-bond donors (Lipinski definition) is 2. The summed E-state index contributed by atoms with van der Waals surface area (Å²) < 4.78 is 38.1. The Morgan fingerprint density at radius 2 is 1.90 bits per heavy atom. The summed E-state index contributed by atoms with van der Waals surface area (Å²) in [7, 11) is -2.18. The lowest BCUT2D eigenvalue weighted by molar-refractivity contribution is 0.0953. The van der Waals surface area contributed by atoms with Crippen LogP contribution in [0.1, 0.15) is 27.2 Å². The molecule has 7 nitrogen and oxygen atoms in total. The third-order valence-corrected chi connectivity index (χ3v) is 6.05. The van der Waals surface area contributed by atoms with E-state index in [2.05, 4.69) is 10.0 Å². The van der Waals surface area contributed by atoms with E-state index in [1.165, 1.54) is 18.4 Å². The highest BCUT2D eigenvalue weighted by molar-refractivity contribution is 7.89. The molecule has 2 N–H and O–H groups in total. The lowest BCUT2D eigenvalue weighted by Gasteiger charge is -2.12. The predicted octanol–water partition coefficient (Wildman–Crippen LogP) is 3.05. The van der Waals surface area contributed by atoms with Crippen LogP contribution in [0.2, 0.25) is 0 Å². The number of rotatable bonds is 9. The third-order valence-electron chi connectivity index (χ3n) is 4.65. The average Bonchev–Trinajstić information content (AvgIpc) is 3.26. The van der Waals surface area contributed by atoms with Gasteiger partial charge in [0.15, 0.2) is 0 Å². The van der Waals surface area contributed by atoms with Crippen molar-refractivity contribution in [3.05, 3.63) is 83.3 Å². The fourth-order valence-electron chi connectivity index (χ4n) is 2.99. The van der Waals surface area contributed by atoms with Gasteiger partial charge in [-0.25, -0.2) is 13.1 Å². The van der Waals surface area contributed by atoms with Gasteiger partial charge >= 0.3 is 0 Å². The van der Waals surface area contributed by atoms with Gasteiger partial charge in [0.1, 0.15) is 11.5 Å². The molecule has 8 heteroatoms. The summed E-state index contributed by atoms with van der Waals surface area (Å²) in [6.07, 6.45) is 2.07. The summed E-state index contributed by atoms with van der Waals surface area (Å²) in [6.45, 7) is 2.19. The number of carbonyl (C=O) groups excluding carboxylic acids is 1. The number of methoxy groups -OCH3 is 1. The molecule has 1 aromatic heterocycles. The molecule has 0 atom stereocenters. The third kappa shape index (κ3) is 5.28. The van der Waals surface area contributed by atoms with Crippen molar-refractivity contribution in [2.45, 2.75) is 24.8 Å². The maximum Gasteiger partial charge on any atom is 0.251 e. The molecule has 0 spiro atoms. The summed E-state index contributed by atoms with van der Waals surface area (Å²) in [5.74, 6) is 0.934. The van der Waals surface area contributed by atoms with Crippen LogP contribution in [0, 0.1) is 6.92 Å². The molecule has 0 unspecified atom stereocenters. The van der Waals surface area contributed by atoms with Crippen molar-refractivity contribution in [1.82, 2.24) is 10.0 Å². The van der Waals surface area contributed by atoms with Gasteiger partial charge in [0, 0.05) is 12.1 Å². The molecular weight excluding hydrogens is 404 g/mol. The maximum atomic E-state index is 12.7. The zero-order chi connectivity index (χ0) is 21.6. The quantitative estimate of drug-likeness (QED) is 0.546. The summed E-state index contributed by atoms with van der Waals surface area (Å²) in [4.78, 5) is 12.7. The van der Waals surface area contributed by atoms with Crippen molar-refractivity contribution in [3.8, 4) is 5.75 Å². The minimum atomic E-state index is -3.79. The molecule has 0 bridgehead atoms. The second-order valence-corrected chi connectivity index (χ2v) is 8.47. The van der Waals surface area contributed by atoms with Gasteiger partial charge in [-0.05, 0) is 54.8 Å². The molecule has 0 aliphatic carbocycles. The summed E-state index contributed by atoms with van der Waals surface area (Å²) in [5, 5.41) is 2.85. The zero-order valence-electron chi connectivity index (χ0n) is 16.8. The molecule has 30 heavy (non-hydrogen) atoms. The summed E-state index contributed by atoms with van der Waals surface area (Å²) in [5.41, 5.74) is 1.99. The van der Waals surface area contributed by atoms with Crippen molar-refractivity contribution in [3.63, 3.8) is 0 Å². The van der Waals surface area contributed by atoms with E-state index in [1.54, 1.807) is 32.2 Å². The van der Waals surface area contributed by atoms with Crippen molar-refractivity contribution in [2.75, 3.05) is 13.7 Å². The van der Waals surface area contributed by atoms with Crippen LogP contribution in [0.4, 0.5) is 0 Å². The van der Waals surface area contributed by atoms with Crippen LogP contribution in [0.15, 0.2) is 70.2 Å². The monoisotopic (exact) mass is 428 g/mol. The maximum absolute atomic E-state index is 12.7. The van der Waals surface area contributed by atoms with E-state index in [9.17, 15) is 13.2 Å². The number of amides is 1. The lowest BCUT2D eigenvalue weighted by Crippen LogP contribution is -2.27. The number of nitrogens with one attached hydrogen (secondary N) is 2. The van der Waals surface area contributed by atoms with E-state index < -0.39 is 10.0 Å². The Hall–Kier alpha value is -3.10. The number of benzene rings is 2. The van der Waals surface area contributed by atoms with Crippen LogP contribution in [0.5, 0.6) is 5.75 Å². The van der Waals surface area contributed by atoms with E-state index in [0.717, 1.165) is 11.3 Å². The molecule has 0 radical (unpaired) electrons. The van der Waals surface area contributed by atoms with Gasteiger partial charge in [0.2, 0.25) is 10.0 Å². The highest BCUT2D eigenvalue weighted by Gasteiger charge is 2.18. The number of sulfonamides is 1. The first-order chi connectivity index (χ1) is 14.4. The smallest absolute Gasteiger partial charge is 0.251 e. The molecule has 1 amide bonds. The van der Waals surface area contributed by atoms with Gasteiger partial charge in [-0.1, -0.05) is 24.3 Å². The van der Waals surface area contributed by atoms with Gasteiger partial charge < -0.3 is 14.5 Å². The Labute approximate surface area is 176 Å². The number of ether oxygens (including phenoxy) is 1. The molecule has 3 rings (SSSR count). The van der Waals surface area contributed by atoms with Gasteiger partial charge in [0.25, 0.3) is 5.91 Å². The molecule has 0 saturated carbocycles. The second-order valence-electron chi connectivity index (χ2n) is 6.70. The molecule has 0 aliphatic heterocycles. The SMILES string of the molecule is COc1ccccc1CCNC(=O)c1cc(S(=O)(=O)NCc2ccco2)ccc1C. The van der Waals surface area contributed by atoms with E-state index in [1.807, 2.05) is 24.3 Å². The van der Waals surface area contributed by atoms with Crippen LogP contribution in [-0.2, 0) is 23.0 Å². The Balaban J connectivity index is 1.67. The van der Waals surface area contributed by atoms with E-state index >= 15 is 0 Å². The van der Waals surface area contributed by atoms with Crippen LogP contribution in [-0.4, -0.2) is 28.0 Å². The normalized spacial score (nSPS) is 11.3. The number of hydrogen-bond acceptors (Lipinski definition) is 5. The number of carbonyl (C=O) groups is 1. The minimum Gasteiger partial charge on any atom is -0.496 e. The van der Waals surface area contributed by atoms with Crippen molar-refractivity contribution in [2.24, 2.45) is 0 Å². The highest BCUT2D eigenvalue weighted by Crippen LogP contribution is 2.18. The molecule has 0 fully saturated rings. The number of aryl methyl sites for hydroxylation is 1. The first-order valence-corrected chi connectivity index (χ1v) is 10.9. The Kier molecular flexibility index (Phi) is 6.91. The largest absolute Gasteiger partial charge is 0.496 e. The summed E-state index contributed by atoms with van der Waals surface area (Å²) >= 11 is 0. The first kappa shape index (κ1) is 21.6. The number of para-hydroxylation sites is 1. The molecule has 0 saturated heterocycles. The molecular formula is C22H24N2O5S. The molecule has 158 valence electrons. The van der Waals surface area contributed by atoms with E-state index in [-0.39, 0.29) is 17.3 Å². The van der Waals surface area contributed by atoms with Crippen molar-refractivity contribution >= 4 is 15.9 Å². The van der Waals surface area contributed by atoms with E-state index in [4.69, 9.17) is 9.15 Å². The fourth-order valence-corrected chi connectivity index (χ4v) is 4.01. The second kappa shape index (κ2) is 9.60. The fraction of sp³-hybridized carbons (Fsp3) is 0.227. The Morgan fingerprint density at radius 3 is 2.63 bits per heavy atom. The zero-order valence-corrected chi connectivity index (χ0v) is 17.7. The van der Waals surface area contributed by atoms with Gasteiger partial charge in [-0.3, -0.25) is 4.79 Å². The summed E-state index contributed by atoms with van der Waals surface area (Å²) in [6, 6.07) is 15.4. The topological polar surface area (TPSA) is 97.6 Å².